The van der Waals surface area contributed by atoms with E-state index in [2.05, 4.69) is 16.0 Å². The summed E-state index contributed by atoms with van der Waals surface area (Å²) in [4.78, 5) is 24.2. The number of rotatable bonds is 9. The zero-order valence-corrected chi connectivity index (χ0v) is 17.4. The van der Waals surface area contributed by atoms with Crippen molar-refractivity contribution in [3.05, 3.63) is 48.5 Å². The quantitative estimate of drug-likeness (QED) is 0.583. The summed E-state index contributed by atoms with van der Waals surface area (Å²) in [7, 11) is 0. The molecule has 3 N–H and O–H groups in total. The Morgan fingerprint density at radius 3 is 2.60 bits per heavy atom. The Balaban J connectivity index is 1.52. The van der Waals surface area contributed by atoms with E-state index in [1.807, 2.05) is 38.1 Å². The molecule has 0 radical (unpaired) electrons. The van der Waals surface area contributed by atoms with Crippen molar-refractivity contribution in [1.82, 2.24) is 0 Å². The van der Waals surface area contributed by atoms with E-state index in [4.69, 9.17) is 9.47 Å². The van der Waals surface area contributed by atoms with Crippen LogP contribution < -0.4 is 20.7 Å². The van der Waals surface area contributed by atoms with Crippen molar-refractivity contribution in [2.45, 2.75) is 32.8 Å². The van der Waals surface area contributed by atoms with Gasteiger partial charge in [-0.15, -0.1) is 0 Å². The maximum absolute atomic E-state index is 12.4. The topological polar surface area (TPSA) is 88.7 Å². The maximum Gasteiger partial charge on any atom is 0.243 e. The average Bonchev–Trinajstić information content (AvgIpc) is 3.25. The lowest BCUT2D eigenvalue weighted by Crippen LogP contribution is -2.23. The fourth-order valence-electron chi connectivity index (χ4n) is 3.04. The number of hydrogen-bond donors (Lipinski definition) is 3. The fraction of sp³-hybridized carbons (Fsp3) is 0.391. The Labute approximate surface area is 177 Å². The van der Waals surface area contributed by atoms with Crippen LogP contribution in [0.25, 0.3) is 0 Å². The molecule has 1 aliphatic heterocycles. The van der Waals surface area contributed by atoms with Crippen molar-refractivity contribution in [1.29, 1.82) is 0 Å². The van der Waals surface area contributed by atoms with E-state index in [1.165, 1.54) is 0 Å². The first-order valence-electron chi connectivity index (χ1n) is 10.3. The molecule has 1 fully saturated rings. The fourth-order valence-corrected chi connectivity index (χ4v) is 3.04. The summed E-state index contributed by atoms with van der Waals surface area (Å²) in [6, 6.07) is 14.6. The first-order chi connectivity index (χ1) is 14.5. The van der Waals surface area contributed by atoms with Crippen LogP contribution in [0.1, 0.15) is 26.7 Å². The number of benzene rings is 2. The van der Waals surface area contributed by atoms with Crippen LogP contribution in [0, 0.1) is 5.92 Å². The Morgan fingerprint density at radius 2 is 1.87 bits per heavy atom. The molecule has 1 saturated heterocycles. The number of amides is 2. The molecular formula is C23H29N3O4. The van der Waals surface area contributed by atoms with Gasteiger partial charge in [0.1, 0.15) is 12.4 Å². The lowest BCUT2D eigenvalue weighted by Gasteiger charge is -2.16. The molecular weight excluding hydrogens is 382 g/mol. The molecule has 0 saturated carbocycles. The van der Waals surface area contributed by atoms with Gasteiger partial charge in [0.15, 0.2) is 0 Å². The lowest BCUT2D eigenvalue weighted by atomic mass is 10.2. The van der Waals surface area contributed by atoms with Crippen molar-refractivity contribution in [3.63, 3.8) is 0 Å². The molecule has 3 rings (SSSR count). The van der Waals surface area contributed by atoms with Crippen LogP contribution in [0.3, 0.4) is 0 Å². The second-order valence-electron chi connectivity index (χ2n) is 7.57. The third kappa shape index (κ3) is 6.49. The van der Waals surface area contributed by atoms with Crippen LogP contribution in [0.15, 0.2) is 48.5 Å². The van der Waals surface area contributed by atoms with Crippen LogP contribution in [-0.4, -0.2) is 37.7 Å². The van der Waals surface area contributed by atoms with Crippen molar-refractivity contribution in [3.8, 4) is 5.75 Å². The summed E-state index contributed by atoms with van der Waals surface area (Å²) in [6.45, 7) is 5.03. The molecule has 1 unspecified atom stereocenters. The van der Waals surface area contributed by atoms with Gasteiger partial charge in [-0.2, -0.15) is 0 Å². The molecule has 7 nitrogen and oxygen atoms in total. The zero-order valence-electron chi connectivity index (χ0n) is 17.4. The van der Waals surface area contributed by atoms with Gasteiger partial charge in [-0.25, -0.2) is 0 Å². The molecule has 7 heteroatoms. The summed E-state index contributed by atoms with van der Waals surface area (Å²) in [6.07, 6.45) is 2.20. The maximum atomic E-state index is 12.4. The highest BCUT2D eigenvalue weighted by atomic mass is 16.5. The van der Waals surface area contributed by atoms with Crippen LogP contribution in [0.2, 0.25) is 0 Å². The second-order valence-corrected chi connectivity index (χ2v) is 7.57. The molecule has 0 spiro atoms. The third-order valence-electron chi connectivity index (χ3n) is 4.71. The van der Waals surface area contributed by atoms with Crippen LogP contribution in [0.4, 0.5) is 17.1 Å². The molecule has 0 aliphatic carbocycles. The van der Waals surface area contributed by atoms with Gasteiger partial charge in [0.05, 0.1) is 18.3 Å². The molecule has 0 aromatic heterocycles. The summed E-state index contributed by atoms with van der Waals surface area (Å²) in [5.74, 6) is 0.310. The Kier molecular flexibility index (Phi) is 7.68. The average molecular weight is 412 g/mol. The van der Waals surface area contributed by atoms with Crippen molar-refractivity contribution in [2.75, 3.05) is 35.7 Å². The summed E-state index contributed by atoms with van der Waals surface area (Å²) in [5.41, 5.74) is 2.02. The molecule has 0 bridgehead atoms. The highest BCUT2D eigenvalue weighted by molar-refractivity contribution is 5.96. The SMILES string of the molecule is CC(C)C(=O)Nc1cccc(NC(=O)CNc2ccccc2OCC2CCCO2)c1. The number of hydrogen-bond acceptors (Lipinski definition) is 5. The standard InChI is InChI=1S/C23H29N3O4/c1-16(2)23(28)26-18-8-5-7-17(13-18)25-22(27)14-24-20-10-3-4-11-21(20)30-15-19-9-6-12-29-19/h3-5,7-8,10-11,13,16,19,24H,6,9,12,14-15H2,1-2H3,(H,25,27)(H,26,28). The van der Waals surface area contributed by atoms with E-state index in [9.17, 15) is 9.59 Å². The summed E-state index contributed by atoms with van der Waals surface area (Å²) >= 11 is 0. The van der Waals surface area contributed by atoms with E-state index in [1.54, 1.807) is 24.3 Å². The van der Waals surface area contributed by atoms with Crippen LogP contribution in [-0.2, 0) is 14.3 Å². The summed E-state index contributed by atoms with van der Waals surface area (Å²) in [5, 5.41) is 8.79. The molecule has 30 heavy (non-hydrogen) atoms. The predicted octanol–water partition coefficient (Wildman–Crippen LogP) is 3.89. The van der Waals surface area contributed by atoms with Gasteiger partial charge < -0.3 is 25.4 Å². The molecule has 1 atom stereocenters. The molecule has 2 aromatic carbocycles. The van der Waals surface area contributed by atoms with Crippen molar-refractivity contribution < 1.29 is 19.1 Å². The normalized spacial score (nSPS) is 15.6. The first-order valence-corrected chi connectivity index (χ1v) is 10.3. The monoisotopic (exact) mass is 411 g/mol. The van der Waals surface area contributed by atoms with E-state index in [-0.39, 0.29) is 30.4 Å². The van der Waals surface area contributed by atoms with Gasteiger partial charge in [0.2, 0.25) is 11.8 Å². The number of carbonyl (C=O) groups is 2. The Hall–Kier alpha value is -3.06. The minimum absolute atomic E-state index is 0.0697. The van der Waals surface area contributed by atoms with Crippen molar-refractivity contribution in [2.24, 2.45) is 5.92 Å². The van der Waals surface area contributed by atoms with E-state index in [0.717, 1.165) is 25.1 Å². The van der Waals surface area contributed by atoms with Gasteiger partial charge in [0, 0.05) is 23.9 Å². The molecule has 1 aliphatic rings. The van der Waals surface area contributed by atoms with Gasteiger partial charge >= 0.3 is 0 Å². The zero-order chi connectivity index (χ0) is 21.3. The van der Waals surface area contributed by atoms with Gasteiger partial charge in [0.25, 0.3) is 0 Å². The molecule has 160 valence electrons. The molecule has 2 amide bonds. The minimum Gasteiger partial charge on any atom is -0.489 e. The van der Waals surface area contributed by atoms with E-state index < -0.39 is 0 Å². The number of anilines is 3. The van der Waals surface area contributed by atoms with E-state index >= 15 is 0 Å². The number of para-hydroxylation sites is 2. The van der Waals surface area contributed by atoms with E-state index in [0.29, 0.717) is 23.7 Å². The second kappa shape index (κ2) is 10.6. The highest BCUT2D eigenvalue weighted by Gasteiger charge is 2.17. The minimum atomic E-state index is -0.198. The Morgan fingerprint density at radius 1 is 1.10 bits per heavy atom. The largest absolute Gasteiger partial charge is 0.489 e. The van der Waals surface area contributed by atoms with Gasteiger partial charge in [-0.3, -0.25) is 9.59 Å². The van der Waals surface area contributed by atoms with Crippen LogP contribution >= 0.6 is 0 Å². The molecule has 2 aromatic rings. The smallest absolute Gasteiger partial charge is 0.243 e. The Bertz CT molecular complexity index is 863. The predicted molar refractivity (Wildman–Crippen MR) is 118 cm³/mol. The van der Waals surface area contributed by atoms with Crippen LogP contribution in [0.5, 0.6) is 5.75 Å². The van der Waals surface area contributed by atoms with Gasteiger partial charge in [-0.1, -0.05) is 32.0 Å². The lowest BCUT2D eigenvalue weighted by molar-refractivity contribution is -0.119. The van der Waals surface area contributed by atoms with Gasteiger partial charge in [-0.05, 0) is 43.2 Å². The third-order valence-corrected chi connectivity index (χ3v) is 4.71. The first kappa shape index (κ1) is 21.6. The number of nitrogens with one attached hydrogen (secondary N) is 3. The van der Waals surface area contributed by atoms with Crippen molar-refractivity contribution >= 4 is 28.9 Å². The number of carbonyl (C=O) groups excluding carboxylic acids is 2. The molecule has 1 heterocycles. The summed E-state index contributed by atoms with van der Waals surface area (Å²) < 4.78 is 11.5. The number of ether oxygens (including phenoxy) is 2. The highest BCUT2D eigenvalue weighted by Crippen LogP contribution is 2.25.